The maximum atomic E-state index is 12.6. The summed E-state index contributed by atoms with van der Waals surface area (Å²) < 4.78 is 0. The lowest BCUT2D eigenvalue weighted by Crippen LogP contribution is -2.38. The van der Waals surface area contributed by atoms with Crippen molar-refractivity contribution in [1.82, 2.24) is 19.8 Å². The summed E-state index contributed by atoms with van der Waals surface area (Å²) in [6, 6.07) is 0.581. The van der Waals surface area contributed by atoms with Gasteiger partial charge in [-0.1, -0.05) is 0 Å². The number of rotatable bonds is 3. The van der Waals surface area contributed by atoms with Crippen molar-refractivity contribution in [2.75, 3.05) is 27.2 Å². The average Bonchev–Trinajstić information content (AvgIpc) is 2.93. The van der Waals surface area contributed by atoms with Crippen LogP contribution in [-0.2, 0) is 0 Å². The van der Waals surface area contributed by atoms with Crippen LogP contribution < -0.4 is 0 Å². The third-order valence-corrected chi connectivity index (χ3v) is 5.72. The summed E-state index contributed by atoms with van der Waals surface area (Å²) in [5.74, 6) is 0.463. The molecule has 5 nitrogen and oxygen atoms in total. The highest BCUT2D eigenvalue weighted by atomic mass is 32.1. The molecule has 0 radical (unpaired) electrons. The van der Waals surface area contributed by atoms with Gasteiger partial charge in [-0.05, 0) is 45.7 Å². The molecule has 1 aliphatic rings. The number of hydrogen-bond donors (Lipinski definition) is 0. The first-order valence-electron chi connectivity index (χ1n) is 8.18. The van der Waals surface area contributed by atoms with Gasteiger partial charge >= 0.3 is 0 Å². The quantitative estimate of drug-likeness (QED) is 0.867. The molecule has 2 aromatic heterocycles. The summed E-state index contributed by atoms with van der Waals surface area (Å²) in [6.45, 7) is 6.64. The van der Waals surface area contributed by atoms with E-state index in [0.717, 1.165) is 46.7 Å². The lowest BCUT2D eigenvalue weighted by Gasteiger charge is -2.34. The predicted octanol–water partition coefficient (Wildman–Crippen LogP) is 2.98. The van der Waals surface area contributed by atoms with Crippen molar-refractivity contribution >= 4 is 27.6 Å². The van der Waals surface area contributed by atoms with E-state index in [1.807, 2.05) is 0 Å². The minimum Gasteiger partial charge on any atom is -0.344 e. The van der Waals surface area contributed by atoms with E-state index >= 15 is 0 Å². The van der Waals surface area contributed by atoms with E-state index in [-0.39, 0.29) is 5.91 Å². The summed E-state index contributed by atoms with van der Waals surface area (Å²) in [5, 5.41) is 0. The summed E-state index contributed by atoms with van der Waals surface area (Å²) in [5.41, 5.74) is 2.05. The Morgan fingerprint density at radius 3 is 2.52 bits per heavy atom. The predicted molar refractivity (Wildman–Crippen MR) is 94.1 cm³/mol. The molecule has 6 heteroatoms. The maximum absolute atomic E-state index is 12.6. The molecule has 1 aliphatic heterocycles. The van der Waals surface area contributed by atoms with Crippen molar-refractivity contribution in [2.24, 2.45) is 0 Å². The molecule has 124 valence electrons. The molecule has 1 amide bonds. The van der Waals surface area contributed by atoms with Gasteiger partial charge in [0.2, 0.25) is 0 Å². The van der Waals surface area contributed by atoms with Crippen LogP contribution in [0, 0.1) is 0 Å². The number of hydrogen-bond acceptors (Lipinski definition) is 5. The Labute approximate surface area is 141 Å². The molecule has 23 heavy (non-hydrogen) atoms. The first kappa shape index (κ1) is 16.3. The third kappa shape index (κ3) is 3.10. The van der Waals surface area contributed by atoms with Gasteiger partial charge < -0.3 is 9.80 Å². The second kappa shape index (κ2) is 6.53. The molecule has 0 aliphatic carbocycles. The number of aromatic nitrogens is 2. The molecule has 0 atom stereocenters. The minimum atomic E-state index is 0.0658. The zero-order valence-electron chi connectivity index (χ0n) is 14.2. The maximum Gasteiger partial charge on any atom is 0.263 e. The van der Waals surface area contributed by atoms with Crippen LogP contribution in [0.5, 0.6) is 0 Å². The Morgan fingerprint density at radius 2 is 1.91 bits per heavy atom. The first-order chi connectivity index (χ1) is 11.0. The van der Waals surface area contributed by atoms with Crippen LogP contribution in [0.15, 0.2) is 12.4 Å². The van der Waals surface area contributed by atoms with Crippen molar-refractivity contribution in [3.63, 3.8) is 0 Å². The van der Waals surface area contributed by atoms with E-state index in [2.05, 4.69) is 28.7 Å². The zero-order chi connectivity index (χ0) is 16.6. The zero-order valence-corrected chi connectivity index (χ0v) is 15.1. The van der Waals surface area contributed by atoms with Gasteiger partial charge in [-0.25, -0.2) is 4.98 Å². The van der Waals surface area contributed by atoms with Crippen molar-refractivity contribution in [2.45, 2.75) is 38.6 Å². The number of carbonyl (C=O) groups excluding carboxylic acids is 1. The highest BCUT2D eigenvalue weighted by Gasteiger charge is 2.30. The fraction of sp³-hybridized carbons (Fsp3) is 0.588. The second-order valence-corrected chi connectivity index (χ2v) is 7.66. The molecule has 0 saturated carbocycles. The first-order valence-corrected chi connectivity index (χ1v) is 8.99. The average molecular weight is 332 g/mol. The number of fused-ring (bicyclic) bond motifs is 1. The van der Waals surface area contributed by atoms with Crippen LogP contribution >= 0.6 is 11.3 Å². The highest BCUT2D eigenvalue weighted by Crippen LogP contribution is 2.39. The molecule has 1 fully saturated rings. The lowest BCUT2D eigenvalue weighted by atomic mass is 9.88. The van der Waals surface area contributed by atoms with Crippen LogP contribution in [0.25, 0.3) is 10.3 Å². The molecule has 3 heterocycles. The van der Waals surface area contributed by atoms with Crippen molar-refractivity contribution in [3.8, 4) is 0 Å². The SMILES string of the molecule is CC(C)N1CCC(c2c(C(=O)N(C)C)sc3nccnc23)CC1. The van der Waals surface area contributed by atoms with E-state index in [0.29, 0.717) is 12.0 Å². The Balaban J connectivity index is 1.99. The molecular formula is C17H24N4OS. The molecule has 0 spiro atoms. The number of carbonyl (C=O) groups is 1. The van der Waals surface area contributed by atoms with E-state index < -0.39 is 0 Å². The van der Waals surface area contributed by atoms with Gasteiger partial charge in [0.05, 0.1) is 4.88 Å². The topological polar surface area (TPSA) is 49.3 Å². The van der Waals surface area contributed by atoms with Gasteiger partial charge in [0.1, 0.15) is 10.3 Å². The number of thiophene rings is 1. The Hall–Kier alpha value is -1.53. The van der Waals surface area contributed by atoms with Gasteiger partial charge in [0.25, 0.3) is 5.91 Å². The molecule has 2 aromatic rings. The Morgan fingerprint density at radius 1 is 1.26 bits per heavy atom. The number of piperidine rings is 1. The van der Waals surface area contributed by atoms with Gasteiger partial charge in [-0.15, -0.1) is 11.3 Å². The summed E-state index contributed by atoms with van der Waals surface area (Å²) in [4.78, 5) is 27.4. The van der Waals surface area contributed by atoms with E-state index in [1.165, 1.54) is 11.3 Å². The molecule has 0 aromatic carbocycles. The second-order valence-electron chi connectivity index (χ2n) is 6.66. The minimum absolute atomic E-state index is 0.0658. The summed E-state index contributed by atoms with van der Waals surface area (Å²) in [7, 11) is 3.61. The van der Waals surface area contributed by atoms with Crippen LogP contribution in [0.1, 0.15) is 47.8 Å². The fourth-order valence-corrected chi connectivity index (χ4v) is 4.50. The Bertz CT molecular complexity index is 702. The van der Waals surface area contributed by atoms with Gasteiger partial charge in [-0.3, -0.25) is 9.78 Å². The van der Waals surface area contributed by atoms with Crippen molar-refractivity contribution in [1.29, 1.82) is 0 Å². The Kier molecular flexibility index (Phi) is 4.64. The summed E-state index contributed by atoms with van der Waals surface area (Å²) >= 11 is 1.48. The van der Waals surface area contributed by atoms with Gasteiger partial charge in [-0.2, -0.15) is 0 Å². The van der Waals surface area contributed by atoms with Crippen LogP contribution in [-0.4, -0.2) is 58.9 Å². The van der Waals surface area contributed by atoms with Gasteiger partial charge in [0, 0.05) is 38.1 Å². The third-order valence-electron chi connectivity index (χ3n) is 4.63. The largest absolute Gasteiger partial charge is 0.344 e. The van der Waals surface area contributed by atoms with Gasteiger partial charge in [0.15, 0.2) is 0 Å². The molecule has 1 saturated heterocycles. The van der Waals surface area contributed by atoms with E-state index in [1.54, 1.807) is 31.4 Å². The highest BCUT2D eigenvalue weighted by molar-refractivity contribution is 7.20. The molecule has 0 bridgehead atoms. The monoisotopic (exact) mass is 332 g/mol. The number of amides is 1. The van der Waals surface area contributed by atoms with E-state index in [4.69, 9.17) is 0 Å². The summed E-state index contributed by atoms with van der Waals surface area (Å²) in [6.07, 6.45) is 5.59. The smallest absolute Gasteiger partial charge is 0.263 e. The fourth-order valence-electron chi connectivity index (χ4n) is 3.29. The van der Waals surface area contributed by atoms with E-state index in [9.17, 15) is 4.79 Å². The standard InChI is InChI=1S/C17H24N4OS/c1-11(2)21-9-5-12(6-10-21)13-14-16(19-8-7-18-14)23-15(13)17(22)20(3)4/h7-8,11-12H,5-6,9-10H2,1-4H3. The van der Waals surface area contributed by atoms with Crippen molar-refractivity contribution in [3.05, 3.63) is 22.8 Å². The normalized spacial score (nSPS) is 17.1. The molecular weight excluding hydrogens is 308 g/mol. The van der Waals surface area contributed by atoms with Crippen LogP contribution in [0.4, 0.5) is 0 Å². The van der Waals surface area contributed by atoms with Crippen LogP contribution in [0.3, 0.4) is 0 Å². The number of nitrogens with zero attached hydrogens (tertiary/aromatic N) is 4. The molecule has 3 rings (SSSR count). The lowest BCUT2D eigenvalue weighted by molar-refractivity contribution is 0.0829. The van der Waals surface area contributed by atoms with Crippen molar-refractivity contribution < 1.29 is 4.79 Å². The number of likely N-dealkylation sites (tertiary alicyclic amines) is 1. The molecule has 0 unspecified atom stereocenters. The van der Waals surface area contributed by atoms with Crippen LogP contribution in [0.2, 0.25) is 0 Å². The molecule has 0 N–H and O–H groups in total.